The van der Waals surface area contributed by atoms with Gasteiger partial charge in [0.25, 0.3) is 0 Å². The molecule has 0 spiro atoms. The van der Waals surface area contributed by atoms with Crippen molar-refractivity contribution in [2.75, 3.05) is 4.90 Å². The van der Waals surface area contributed by atoms with Crippen molar-refractivity contribution < 1.29 is 0 Å². The lowest BCUT2D eigenvalue weighted by molar-refractivity contribution is 1.18. The van der Waals surface area contributed by atoms with Gasteiger partial charge in [-0.3, -0.25) is 0 Å². The van der Waals surface area contributed by atoms with Gasteiger partial charge in [-0.05, 0) is 112 Å². The molecule has 3 nitrogen and oxygen atoms in total. The predicted octanol–water partition coefficient (Wildman–Crippen LogP) is 17.0. The Hall–Kier alpha value is -8.66. The Bertz CT molecular complexity index is 3790. The van der Waals surface area contributed by atoms with Gasteiger partial charge in [0.15, 0.2) is 0 Å². The molecule has 65 heavy (non-hydrogen) atoms. The van der Waals surface area contributed by atoms with Crippen LogP contribution in [0.2, 0.25) is 0 Å². The predicted molar refractivity (Wildman–Crippen MR) is 276 cm³/mol. The highest BCUT2D eigenvalue weighted by Gasteiger charge is 2.19. The number of nitrogens with zero attached hydrogens (tertiary/aromatic N) is 3. The average molecular weight is 828 g/mol. The summed E-state index contributed by atoms with van der Waals surface area (Å²) in [6, 6.07) is 90.6. The number of fused-ring (bicyclic) bond motifs is 8. The van der Waals surface area contributed by atoms with E-state index >= 15 is 0 Å². The SMILES string of the molecule is c1ccc2c(N(c3ccc(-c4ccc5c(c4)c4ccccc4n5-c4ccc(-c5ccc(-n6c7ccccc7c7ccccc76)cc5)cc4)cc3)c3cccc4ccccc34)cccc2c1. The molecule has 0 radical (unpaired) electrons. The molecule has 0 aliphatic rings. The summed E-state index contributed by atoms with van der Waals surface area (Å²) in [7, 11) is 0. The van der Waals surface area contributed by atoms with Crippen LogP contribution < -0.4 is 4.90 Å². The van der Waals surface area contributed by atoms with Gasteiger partial charge in [-0.1, -0.05) is 170 Å². The highest BCUT2D eigenvalue weighted by molar-refractivity contribution is 6.11. The lowest BCUT2D eigenvalue weighted by Gasteiger charge is -2.28. The Morgan fingerprint density at radius 2 is 0.600 bits per heavy atom. The minimum absolute atomic E-state index is 1.11. The number of benzene rings is 11. The molecule has 0 atom stereocenters. The van der Waals surface area contributed by atoms with Crippen LogP contribution in [-0.4, -0.2) is 9.13 Å². The molecule has 3 heteroatoms. The summed E-state index contributed by atoms with van der Waals surface area (Å²) in [5.41, 5.74) is 15.3. The normalized spacial score (nSPS) is 11.7. The average Bonchev–Trinajstić information content (AvgIpc) is 3.90. The summed E-state index contributed by atoms with van der Waals surface area (Å²) in [6.45, 7) is 0. The maximum atomic E-state index is 2.42. The van der Waals surface area contributed by atoms with Crippen molar-refractivity contribution in [3.8, 4) is 33.6 Å². The molecule has 0 aliphatic heterocycles. The van der Waals surface area contributed by atoms with Gasteiger partial charge >= 0.3 is 0 Å². The lowest BCUT2D eigenvalue weighted by Crippen LogP contribution is -2.11. The van der Waals surface area contributed by atoms with E-state index in [1.807, 2.05) is 0 Å². The van der Waals surface area contributed by atoms with Crippen LogP contribution in [0.25, 0.3) is 98.8 Å². The molecule has 0 N–H and O–H groups in total. The van der Waals surface area contributed by atoms with E-state index in [4.69, 9.17) is 0 Å². The van der Waals surface area contributed by atoms with Crippen molar-refractivity contribution in [3.05, 3.63) is 249 Å². The van der Waals surface area contributed by atoms with Gasteiger partial charge < -0.3 is 14.0 Å². The topological polar surface area (TPSA) is 13.1 Å². The van der Waals surface area contributed by atoms with E-state index in [1.54, 1.807) is 0 Å². The molecule has 2 aromatic heterocycles. The van der Waals surface area contributed by atoms with Crippen molar-refractivity contribution in [3.63, 3.8) is 0 Å². The minimum atomic E-state index is 1.11. The molecule has 0 saturated heterocycles. The Morgan fingerprint density at radius 3 is 1.09 bits per heavy atom. The quantitative estimate of drug-likeness (QED) is 0.156. The molecule has 0 amide bonds. The fourth-order valence-corrected chi connectivity index (χ4v) is 10.3. The Morgan fingerprint density at radius 1 is 0.246 bits per heavy atom. The monoisotopic (exact) mass is 827 g/mol. The first-order chi connectivity index (χ1) is 32.2. The third kappa shape index (κ3) is 6.05. The number of aromatic nitrogens is 2. The molecular formula is C62H41N3. The van der Waals surface area contributed by atoms with Crippen molar-refractivity contribution in [1.29, 1.82) is 0 Å². The molecule has 0 bridgehead atoms. The van der Waals surface area contributed by atoms with Gasteiger partial charge in [0.2, 0.25) is 0 Å². The van der Waals surface area contributed by atoms with E-state index in [9.17, 15) is 0 Å². The van der Waals surface area contributed by atoms with Crippen LogP contribution in [0.3, 0.4) is 0 Å². The van der Waals surface area contributed by atoms with Gasteiger partial charge in [-0.2, -0.15) is 0 Å². The van der Waals surface area contributed by atoms with Crippen LogP contribution in [0.5, 0.6) is 0 Å². The second kappa shape index (κ2) is 15.0. The van der Waals surface area contributed by atoms with Crippen molar-refractivity contribution >= 4 is 82.2 Å². The molecule has 304 valence electrons. The van der Waals surface area contributed by atoms with Gasteiger partial charge in [-0.15, -0.1) is 0 Å². The zero-order valence-corrected chi connectivity index (χ0v) is 35.5. The van der Waals surface area contributed by atoms with Crippen LogP contribution in [0, 0.1) is 0 Å². The number of anilines is 3. The zero-order valence-electron chi connectivity index (χ0n) is 35.5. The summed E-state index contributed by atoms with van der Waals surface area (Å²) < 4.78 is 4.77. The molecular weight excluding hydrogens is 787 g/mol. The lowest BCUT2D eigenvalue weighted by atomic mass is 10.0. The Balaban J connectivity index is 0.845. The summed E-state index contributed by atoms with van der Waals surface area (Å²) in [5, 5.41) is 9.89. The molecule has 0 fully saturated rings. The van der Waals surface area contributed by atoms with Crippen molar-refractivity contribution in [1.82, 2.24) is 9.13 Å². The number of hydrogen-bond acceptors (Lipinski definition) is 1. The summed E-state index contributed by atoms with van der Waals surface area (Å²) >= 11 is 0. The first kappa shape index (κ1) is 36.9. The number of rotatable bonds is 7. The van der Waals surface area contributed by atoms with E-state index in [0.717, 1.165) is 28.4 Å². The highest BCUT2D eigenvalue weighted by Crippen LogP contribution is 2.43. The van der Waals surface area contributed by atoms with E-state index < -0.39 is 0 Å². The largest absolute Gasteiger partial charge is 0.309 e. The number of hydrogen-bond donors (Lipinski definition) is 0. The van der Waals surface area contributed by atoms with Gasteiger partial charge in [0.05, 0.1) is 33.4 Å². The molecule has 11 aromatic carbocycles. The molecule has 0 aliphatic carbocycles. The minimum Gasteiger partial charge on any atom is -0.309 e. The van der Waals surface area contributed by atoms with Gasteiger partial charge in [0.1, 0.15) is 0 Å². The van der Waals surface area contributed by atoms with E-state index in [-0.39, 0.29) is 0 Å². The van der Waals surface area contributed by atoms with Crippen LogP contribution in [0.15, 0.2) is 249 Å². The highest BCUT2D eigenvalue weighted by atomic mass is 15.1. The second-order valence-electron chi connectivity index (χ2n) is 16.9. The summed E-state index contributed by atoms with van der Waals surface area (Å²) in [5.74, 6) is 0. The van der Waals surface area contributed by atoms with E-state index in [1.165, 1.54) is 87.4 Å². The first-order valence-corrected chi connectivity index (χ1v) is 22.3. The van der Waals surface area contributed by atoms with Crippen molar-refractivity contribution in [2.24, 2.45) is 0 Å². The Kier molecular flexibility index (Phi) is 8.53. The molecule has 13 rings (SSSR count). The van der Waals surface area contributed by atoms with Crippen LogP contribution in [0.1, 0.15) is 0 Å². The first-order valence-electron chi connectivity index (χ1n) is 22.3. The smallest absolute Gasteiger partial charge is 0.0541 e. The molecule has 0 saturated carbocycles. The van der Waals surface area contributed by atoms with Crippen LogP contribution in [0.4, 0.5) is 17.1 Å². The number of para-hydroxylation sites is 3. The zero-order chi connectivity index (χ0) is 42.8. The third-order valence-electron chi connectivity index (χ3n) is 13.3. The summed E-state index contributed by atoms with van der Waals surface area (Å²) in [4.78, 5) is 2.42. The van der Waals surface area contributed by atoms with Crippen LogP contribution in [-0.2, 0) is 0 Å². The fraction of sp³-hybridized carbons (Fsp3) is 0. The van der Waals surface area contributed by atoms with Gasteiger partial charge in [0, 0.05) is 49.4 Å². The second-order valence-corrected chi connectivity index (χ2v) is 16.9. The molecule has 13 aromatic rings. The standard InChI is InChI=1S/C62H41N3/c1-3-17-51-45(13-1)15-11-25-57(51)63(58-26-12-16-46-14-2-4-18-52(46)58)48-38-31-44(32-39-48)47-33-40-62-56(41-47)55-21-7-10-24-61(55)65(62)50-36-29-43(30-37-50)42-27-34-49(35-28-42)64-59-22-8-5-19-53(59)54-20-6-9-23-60(54)64/h1-41H. The molecule has 2 heterocycles. The maximum Gasteiger partial charge on any atom is 0.0541 e. The fourth-order valence-electron chi connectivity index (χ4n) is 10.3. The van der Waals surface area contributed by atoms with E-state index in [2.05, 4.69) is 263 Å². The van der Waals surface area contributed by atoms with Crippen LogP contribution >= 0.6 is 0 Å². The molecule has 0 unspecified atom stereocenters. The maximum absolute atomic E-state index is 2.42. The van der Waals surface area contributed by atoms with E-state index in [0.29, 0.717) is 0 Å². The summed E-state index contributed by atoms with van der Waals surface area (Å²) in [6.07, 6.45) is 0. The Labute approximate surface area is 376 Å². The van der Waals surface area contributed by atoms with Crippen molar-refractivity contribution in [2.45, 2.75) is 0 Å². The van der Waals surface area contributed by atoms with Gasteiger partial charge in [-0.25, -0.2) is 0 Å². The third-order valence-corrected chi connectivity index (χ3v) is 13.3.